The second-order valence-electron chi connectivity index (χ2n) is 3.28. The van der Waals surface area contributed by atoms with Gasteiger partial charge in [0.05, 0.1) is 6.61 Å². The molecule has 0 amide bonds. The Morgan fingerprint density at radius 1 is 1.31 bits per heavy atom. The first-order valence-corrected chi connectivity index (χ1v) is 4.98. The zero-order valence-corrected chi connectivity index (χ0v) is 8.84. The van der Waals surface area contributed by atoms with Gasteiger partial charge in [0.2, 0.25) is 0 Å². The minimum absolute atomic E-state index is 0.607. The quantitative estimate of drug-likeness (QED) is 0.716. The largest absolute Gasteiger partial charge is 0.493 e. The van der Waals surface area contributed by atoms with Crippen molar-refractivity contribution in [3.63, 3.8) is 0 Å². The van der Waals surface area contributed by atoms with Crippen LogP contribution >= 0.6 is 11.6 Å². The number of benzene rings is 1. The van der Waals surface area contributed by atoms with Crippen molar-refractivity contribution in [1.82, 2.24) is 0 Å². The van der Waals surface area contributed by atoms with Crippen LogP contribution in [0.4, 0.5) is 0 Å². The summed E-state index contributed by atoms with van der Waals surface area (Å²) < 4.78 is 5.56. The Morgan fingerprint density at radius 2 is 1.92 bits per heavy atom. The molecule has 0 saturated carbocycles. The van der Waals surface area contributed by atoms with Crippen LogP contribution in [0.5, 0.6) is 5.75 Å². The van der Waals surface area contributed by atoms with E-state index in [4.69, 9.17) is 16.3 Å². The molecule has 0 radical (unpaired) electrons. The predicted octanol–water partition coefficient (Wildman–Crippen LogP) is 3.76. The van der Waals surface area contributed by atoms with Gasteiger partial charge < -0.3 is 4.74 Å². The summed E-state index contributed by atoms with van der Waals surface area (Å²) in [5.41, 5.74) is 0. The molecular weight excluding hydrogens is 184 g/mol. The van der Waals surface area contributed by atoms with Crippen molar-refractivity contribution in [3.8, 4) is 5.75 Å². The number of halogens is 1. The molecule has 0 aliphatic carbocycles. The number of hydrogen-bond donors (Lipinski definition) is 0. The Hall–Kier alpha value is -0.690. The first-order valence-electron chi connectivity index (χ1n) is 4.60. The summed E-state index contributed by atoms with van der Waals surface area (Å²) in [4.78, 5) is 0. The fourth-order valence-electron chi connectivity index (χ4n) is 0.887. The van der Waals surface area contributed by atoms with Gasteiger partial charge >= 0.3 is 0 Å². The Labute approximate surface area is 84.7 Å². The van der Waals surface area contributed by atoms with Gasteiger partial charge in [0.15, 0.2) is 0 Å². The molecule has 0 aromatic heterocycles. The summed E-state index contributed by atoms with van der Waals surface area (Å²) in [5, 5.41) is 0.746. The highest BCUT2D eigenvalue weighted by molar-refractivity contribution is 6.30. The SMILES string of the molecule is CC[C@@H](C)COc1ccc(Cl)cc1. The standard InChI is InChI=1S/C11H15ClO/c1-3-9(2)8-13-11-6-4-10(12)5-7-11/h4-7,9H,3,8H2,1-2H3/t9-/m1/s1. The fraction of sp³-hybridized carbons (Fsp3) is 0.455. The predicted molar refractivity (Wildman–Crippen MR) is 56.4 cm³/mol. The molecule has 0 bridgehead atoms. The highest BCUT2D eigenvalue weighted by Gasteiger charge is 1.99. The molecule has 1 aromatic rings. The summed E-state index contributed by atoms with van der Waals surface area (Å²) in [7, 11) is 0. The van der Waals surface area contributed by atoms with E-state index in [0.29, 0.717) is 5.92 Å². The van der Waals surface area contributed by atoms with Crippen LogP contribution in [0.15, 0.2) is 24.3 Å². The molecule has 0 spiro atoms. The highest BCUT2D eigenvalue weighted by Crippen LogP contribution is 2.16. The lowest BCUT2D eigenvalue weighted by molar-refractivity contribution is 0.256. The molecule has 1 aromatic carbocycles. The van der Waals surface area contributed by atoms with Crippen LogP contribution in [0.25, 0.3) is 0 Å². The smallest absolute Gasteiger partial charge is 0.119 e. The van der Waals surface area contributed by atoms with E-state index >= 15 is 0 Å². The molecule has 0 aliphatic rings. The third kappa shape index (κ3) is 3.69. The number of hydrogen-bond acceptors (Lipinski definition) is 1. The van der Waals surface area contributed by atoms with Gasteiger partial charge in [0.1, 0.15) is 5.75 Å². The Balaban J connectivity index is 2.41. The first-order chi connectivity index (χ1) is 6.22. The van der Waals surface area contributed by atoms with E-state index in [1.807, 2.05) is 24.3 Å². The molecular formula is C11H15ClO. The van der Waals surface area contributed by atoms with Crippen molar-refractivity contribution in [2.75, 3.05) is 6.61 Å². The van der Waals surface area contributed by atoms with Crippen molar-refractivity contribution >= 4 is 11.6 Å². The second kappa shape index (κ2) is 5.13. The van der Waals surface area contributed by atoms with Gasteiger partial charge in [0.25, 0.3) is 0 Å². The van der Waals surface area contributed by atoms with Gasteiger partial charge in [-0.15, -0.1) is 0 Å². The lowest BCUT2D eigenvalue weighted by Gasteiger charge is -2.10. The van der Waals surface area contributed by atoms with Gasteiger partial charge in [-0.3, -0.25) is 0 Å². The van der Waals surface area contributed by atoms with E-state index in [9.17, 15) is 0 Å². The first kappa shape index (κ1) is 10.4. The second-order valence-corrected chi connectivity index (χ2v) is 3.71. The van der Waals surface area contributed by atoms with E-state index in [2.05, 4.69) is 13.8 Å². The van der Waals surface area contributed by atoms with E-state index < -0.39 is 0 Å². The molecule has 0 N–H and O–H groups in total. The van der Waals surface area contributed by atoms with Gasteiger partial charge in [-0.1, -0.05) is 31.9 Å². The fourth-order valence-corrected chi connectivity index (χ4v) is 1.01. The maximum absolute atomic E-state index is 5.75. The van der Waals surface area contributed by atoms with Crippen LogP contribution in [-0.2, 0) is 0 Å². The summed E-state index contributed by atoms with van der Waals surface area (Å²) in [6.07, 6.45) is 1.15. The molecule has 1 nitrogen and oxygen atoms in total. The third-order valence-electron chi connectivity index (χ3n) is 2.05. The van der Waals surface area contributed by atoms with E-state index in [0.717, 1.165) is 23.8 Å². The number of ether oxygens (including phenoxy) is 1. The van der Waals surface area contributed by atoms with Crippen molar-refractivity contribution in [3.05, 3.63) is 29.3 Å². The molecule has 0 unspecified atom stereocenters. The maximum atomic E-state index is 5.75. The van der Waals surface area contributed by atoms with Crippen LogP contribution in [0.2, 0.25) is 5.02 Å². The molecule has 72 valence electrons. The van der Waals surface area contributed by atoms with E-state index in [1.54, 1.807) is 0 Å². The van der Waals surface area contributed by atoms with Gasteiger partial charge in [-0.2, -0.15) is 0 Å². The summed E-state index contributed by atoms with van der Waals surface area (Å²) in [6, 6.07) is 7.47. The Bertz CT molecular complexity index is 243. The van der Waals surface area contributed by atoms with E-state index in [1.165, 1.54) is 0 Å². The average Bonchev–Trinajstić information content (AvgIpc) is 2.16. The maximum Gasteiger partial charge on any atom is 0.119 e. The zero-order valence-electron chi connectivity index (χ0n) is 8.09. The Kier molecular flexibility index (Phi) is 4.10. The van der Waals surface area contributed by atoms with Crippen LogP contribution in [-0.4, -0.2) is 6.61 Å². The van der Waals surface area contributed by atoms with Gasteiger partial charge in [-0.25, -0.2) is 0 Å². The molecule has 0 fully saturated rings. The normalized spacial score (nSPS) is 12.5. The lowest BCUT2D eigenvalue weighted by atomic mass is 10.1. The molecule has 1 atom stereocenters. The molecule has 0 heterocycles. The van der Waals surface area contributed by atoms with Crippen molar-refractivity contribution in [2.45, 2.75) is 20.3 Å². The van der Waals surface area contributed by atoms with Gasteiger partial charge in [0, 0.05) is 5.02 Å². The molecule has 0 saturated heterocycles. The van der Waals surface area contributed by atoms with Crippen molar-refractivity contribution in [1.29, 1.82) is 0 Å². The number of rotatable bonds is 4. The topological polar surface area (TPSA) is 9.23 Å². The molecule has 13 heavy (non-hydrogen) atoms. The van der Waals surface area contributed by atoms with Crippen LogP contribution < -0.4 is 4.74 Å². The van der Waals surface area contributed by atoms with Crippen LogP contribution in [0, 0.1) is 5.92 Å². The lowest BCUT2D eigenvalue weighted by Crippen LogP contribution is -2.06. The minimum Gasteiger partial charge on any atom is -0.493 e. The average molecular weight is 199 g/mol. The third-order valence-corrected chi connectivity index (χ3v) is 2.30. The van der Waals surface area contributed by atoms with Crippen molar-refractivity contribution in [2.24, 2.45) is 5.92 Å². The van der Waals surface area contributed by atoms with Crippen LogP contribution in [0.3, 0.4) is 0 Å². The van der Waals surface area contributed by atoms with Crippen molar-refractivity contribution < 1.29 is 4.74 Å². The molecule has 0 aliphatic heterocycles. The summed E-state index contributed by atoms with van der Waals surface area (Å²) in [5.74, 6) is 1.50. The molecule has 1 rings (SSSR count). The monoisotopic (exact) mass is 198 g/mol. The highest BCUT2D eigenvalue weighted by atomic mass is 35.5. The Morgan fingerprint density at radius 3 is 2.46 bits per heavy atom. The van der Waals surface area contributed by atoms with Crippen LogP contribution in [0.1, 0.15) is 20.3 Å². The zero-order chi connectivity index (χ0) is 9.68. The minimum atomic E-state index is 0.607. The van der Waals surface area contributed by atoms with E-state index in [-0.39, 0.29) is 0 Å². The summed E-state index contributed by atoms with van der Waals surface area (Å²) in [6.45, 7) is 5.12. The van der Waals surface area contributed by atoms with Gasteiger partial charge in [-0.05, 0) is 30.2 Å². The molecule has 2 heteroatoms. The summed E-state index contributed by atoms with van der Waals surface area (Å²) >= 11 is 5.75.